The molecule has 0 fully saturated rings. The third kappa shape index (κ3) is 5.39. The number of ether oxygens (including phenoxy) is 1. The number of esters is 1. The van der Waals surface area contributed by atoms with E-state index in [-0.39, 0.29) is 5.91 Å². The average Bonchev–Trinajstić information content (AvgIpc) is 2.96. The Kier molecular flexibility index (Phi) is 6.70. The SMILES string of the molecule is COC(=O)c1cc(CN(C)C(=O)CSCc2ccc(C)cc2)oc1C. The smallest absolute Gasteiger partial charge is 0.341 e. The van der Waals surface area contributed by atoms with Crippen LogP contribution in [-0.4, -0.2) is 36.7 Å². The minimum Gasteiger partial charge on any atom is -0.465 e. The highest BCUT2D eigenvalue weighted by atomic mass is 32.2. The van der Waals surface area contributed by atoms with Gasteiger partial charge in [0.05, 0.1) is 19.4 Å². The Balaban J connectivity index is 1.83. The summed E-state index contributed by atoms with van der Waals surface area (Å²) in [6.07, 6.45) is 0. The molecule has 0 spiro atoms. The molecule has 2 aromatic rings. The van der Waals surface area contributed by atoms with Crippen molar-refractivity contribution in [3.63, 3.8) is 0 Å². The van der Waals surface area contributed by atoms with Gasteiger partial charge in [-0.05, 0) is 25.5 Å². The summed E-state index contributed by atoms with van der Waals surface area (Å²) < 4.78 is 10.2. The highest BCUT2D eigenvalue weighted by Crippen LogP contribution is 2.18. The van der Waals surface area contributed by atoms with Crippen LogP contribution in [0.15, 0.2) is 34.7 Å². The summed E-state index contributed by atoms with van der Waals surface area (Å²) >= 11 is 1.58. The molecule has 1 aromatic heterocycles. The predicted molar refractivity (Wildman–Crippen MR) is 98.6 cm³/mol. The second-order valence-electron chi connectivity index (χ2n) is 5.90. The fourth-order valence-electron chi connectivity index (χ4n) is 2.31. The van der Waals surface area contributed by atoms with Crippen LogP contribution in [-0.2, 0) is 21.8 Å². The predicted octanol–water partition coefficient (Wildman–Crippen LogP) is 3.57. The van der Waals surface area contributed by atoms with Gasteiger partial charge in [0.2, 0.25) is 5.91 Å². The Morgan fingerprint density at radius 2 is 1.88 bits per heavy atom. The van der Waals surface area contributed by atoms with Gasteiger partial charge in [0.15, 0.2) is 0 Å². The van der Waals surface area contributed by atoms with Gasteiger partial charge in [-0.2, -0.15) is 0 Å². The van der Waals surface area contributed by atoms with Gasteiger partial charge in [0.1, 0.15) is 17.1 Å². The van der Waals surface area contributed by atoms with Gasteiger partial charge in [0.25, 0.3) is 0 Å². The van der Waals surface area contributed by atoms with E-state index in [1.807, 2.05) is 0 Å². The number of carbonyl (C=O) groups excluding carboxylic acids is 2. The summed E-state index contributed by atoms with van der Waals surface area (Å²) in [5, 5.41) is 0. The van der Waals surface area contributed by atoms with Crippen molar-refractivity contribution < 1.29 is 18.7 Å². The van der Waals surface area contributed by atoms with Crippen LogP contribution < -0.4 is 0 Å². The van der Waals surface area contributed by atoms with Crippen molar-refractivity contribution in [2.75, 3.05) is 19.9 Å². The number of hydrogen-bond donors (Lipinski definition) is 0. The highest BCUT2D eigenvalue weighted by Gasteiger charge is 2.17. The first-order chi connectivity index (χ1) is 11.9. The lowest BCUT2D eigenvalue weighted by atomic mass is 10.2. The second-order valence-corrected chi connectivity index (χ2v) is 6.89. The molecule has 0 aliphatic rings. The lowest BCUT2D eigenvalue weighted by Crippen LogP contribution is -2.27. The molecule has 0 saturated carbocycles. The molecular weight excluding hydrogens is 338 g/mol. The van der Waals surface area contributed by atoms with Crippen LogP contribution in [0.2, 0.25) is 0 Å². The fourth-order valence-corrected chi connectivity index (χ4v) is 3.23. The first-order valence-electron chi connectivity index (χ1n) is 7.95. The molecule has 6 heteroatoms. The van der Waals surface area contributed by atoms with Crippen LogP contribution in [0.4, 0.5) is 0 Å². The lowest BCUT2D eigenvalue weighted by molar-refractivity contribution is -0.127. The maximum atomic E-state index is 12.2. The molecule has 134 valence electrons. The molecule has 0 N–H and O–H groups in total. The average molecular weight is 361 g/mol. The number of rotatable bonds is 7. The first kappa shape index (κ1) is 19.1. The normalized spacial score (nSPS) is 10.6. The summed E-state index contributed by atoms with van der Waals surface area (Å²) in [4.78, 5) is 25.4. The van der Waals surface area contributed by atoms with E-state index < -0.39 is 5.97 Å². The molecule has 5 nitrogen and oxygen atoms in total. The lowest BCUT2D eigenvalue weighted by Gasteiger charge is -2.15. The van der Waals surface area contributed by atoms with E-state index in [0.717, 1.165) is 5.75 Å². The van der Waals surface area contributed by atoms with Crippen molar-refractivity contribution in [2.24, 2.45) is 0 Å². The Labute approximate surface area is 152 Å². The standard InChI is InChI=1S/C19H23NO4S/c1-13-5-7-15(8-6-13)11-25-12-18(21)20(3)10-16-9-17(14(2)24-16)19(22)23-4/h5-9H,10-12H2,1-4H3. The molecule has 1 aromatic carbocycles. The minimum absolute atomic E-state index is 0.0192. The Bertz CT molecular complexity index is 736. The number of benzene rings is 1. The summed E-state index contributed by atoms with van der Waals surface area (Å²) in [5.41, 5.74) is 2.83. The van der Waals surface area contributed by atoms with Crippen LogP contribution in [0.25, 0.3) is 0 Å². The molecule has 1 heterocycles. The van der Waals surface area contributed by atoms with E-state index in [0.29, 0.717) is 29.4 Å². The monoisotopic (exact) mass is 361 g/mol. The second kappa shape index (κ2) is 8.76. The summed E-state index contributed by atoms with van der Waals surface area (Å²) in [5.74, 6) is 1.84. The molecular formula is C19H23NO4S. The molecule has 0 bridgehead atoms. The van der Waals surface area contributed by atoms with Gasteiger partial charge >= 0.3 is 5.97 Å². The summed E-state index contributed by atoms with van der Waals surface area (Å²) in [6, 6.07) is 9.93. The molecule has 0 atom stereocenters. The minimum atomic E-state index is -0.435. The Hall–Kier alpha value is -2.21. The van der Waals surface area contributed by atoms with Crippen LogP contribution in [0, 0.1) is 13.8 Å². The zero-order valence-electron chi connectivity index (χ0n) is 15.0. The van der Waals surface area contributed by atoms with E-state index >= 15 is 0 Å². The first-order valence-corrected chi connectivity index (χ1v) is 9.11. The van der Waals surface area contributed by atoms with E-state index in [2.05, 4.69) is 31.2 Å². The van der Waals surface area contributed by atoms with Gasteiger partial charge in [-0.15, -0.1) is 11.8 Å². The van der Waals surface area contributed by atoms with Crippen molar-refractivity contribution in [2.45, 2.75) is 26.1 Å². The van der Waals surface area contributed by atoms with Gasteiger partial charge in [-0.3, -0.25) is 4.79 Å². The molecule has 0 unspecified atom stereocenters. The Morgan fingerprint density at radius 1 is 1.20 bits per heavy atom. The number of aryl methyl sites for hydroxylation is 2. The number of furan rings is 1. The molecule has 2 rings (SSSR count). The topological polar surface area (TPSA) is 59.8 Å². The Morgan fingerprint density at radius 3 is 2.52 bits per heavy atom. The van der Waals surface area contributed by atoms with Gasteiger partial charge in [-0.1, -0.05) is 29.8 Å². The van der Waals surface area contributed by atoms with E-state index in [9.17, 15) is 9.59 Å². The zero-order chi connectivity index (χ0) is 18.4. The number of carbonyl (C=O) groups is 2. The van der Waals surface area contributed by atoms with Crippen LogP contribution in [0.3, 0.4) is 0 Å². The van der Waals surface area contributed by atoms with E-state index in [4.69, 9.17) is 9.15 Å². The number of amides is 1. The van der Waals surface area contributed by atoms with Crippen molar-refractivity contribution in [1.29, 1.82) is 0 Å². The maximum Gasteiger partial charge on any atom is 0.341 e. The van der Waals surface area contributed by atoms with Crippen LogP contribution in [0.1, 0.15) is 33.0 Å². The number of thioether (sulfide) groups is 1. The highest BCUT2D eigenvalue weighted by molar-refractivity contribution is 7.99. The van der Waals surface area contributed by atoms with Crippen molar-refractivity contribution >= 4 is 23.6 Å². The summed E-state index contributed by atoms with van der Waals surface area (Å²) in [7, 11) is 3.06. The number of hydrogen-bond acceptors (Lipinski definition) is 5. The van der Waals surface area contributed by atoms with E-state index in [1.54, 1.807) is 36.7 Å². The van der Waals surface area contributed by atoms with Gasteiger partial charge in [-0.25, -0.2) is 4.79 Å². The molecule has 0 saturated heterocycles. The van der Waals surface area contributed by atoms with Crippen molar-refractivity contribution in [1.82, 2.24) is 4.90 Å². The third-order valence-electron chi connectivity index (χ3n) is 3.81. The van der Waals surface area contributed by atoms with Crippen molar-refractivity contribution in [3.8, 4) is 0 Å². The maximum absolute atomic E-state index is 12.2. The molecule has 1 amide bonds. The molecule has 0 radical (unpaired) electrons. The third-order valence-corrected chi connectivity index (χ3v) is 4.80. The number of nitrogens with zero attached hydrogens (tertiary/aromatic N) is 1. The molecule has 0 aliphatic carbocycles. The van der Waals surface area contributed by atoms with Crippen molar-refractivity contribution in [3.05, 3.63) is 58.5 Å². The van der Waals surface area contributed by atoms with Gasteiger partial charge in [0, 0.05) is 12.8 Å². The van der Waals surface area contributed by atoms with Gasteiger partial charge < -0.3 is 14.1 Å². The zero-order valence-corrected chi connectivity index (χ0v) is 15.8. The molecule has 25 heavy (non-hydrogen) atoms. The quantitative estimate of drug-likeness (QED) is 0.706. The van der Waals surface area contributed by atoms with Crippen LogP contribution >= 0.6 is 11.8 Å². The summed E-state index contributed by atoms with van der Waals surface area (Å²) in [6.45, 7) is 4.08. The van der Waals surface area contributed by atoms with E-state index in [1.165, 1.54) is 18.2 Å². The van der Waals surface area contributed by atoms with Crippen LogP contribution in [0.5, 0.6) is 0 Å². The number of methoxy groups -OCH3 is 1. The largest absolute Gasteiger partial charge is 0.465 e. The fraction of sp³-hybridized carbons (Fsp3) is 0.368. The molecule has 0 aliphatic heterocycles.